The first kappa shape index (κ1) is 14.0. The minimum absolute atomic E-state index is 0.107. The molecule has 18 heavy (non-hydrogen) atoms. The first-order chi connectivity index (χ1) is 8.67. The Labute approximate surface area is 106 Å². The van der Waals surface area contributed by atoms with Crippen LogP contribution in [0.4, 0.5) is 0 Å². The van der Waals surface area contributed by atoms with Crippen LogP contribution in [0.3, 0.4) is 0 Å². The topological polar surface area (TPSA) is 85.3 Å². The fourth-order valence-electron chi connectivity index (χ4n) is 1.74. The molecule has 96 valence electrons. The lowest BCUT2D eigenvalue weighted by atomic mass is 10.0. The van der Waals surface area contributed by atoms with Crippen LogP contribution >= 0.6 is 0 Å². The van der Waals surface area contributed by atoms with Gasteiger partial charge in [0.25, 0.3) is 0 Å². The number of benzene rings is 1. The van der Waals surface area contributed by atoms with Crippen molar-refractivity contribution in [3.05, 3.63) is 28.8 Å². The summed E-state index contributed by atoms with van der Waals surface area (Å²) in [6.07, 6.45) is 0.107. The van der Waals surface area contributed by atoms with E-state index in [9.17, 15) is 4.79 Å². The third-order valence-corrected chi connectivity index (χ3v) is 2.51. The van der Waals surface area contributed by atoms with Crippen LogP contribution in [0.1, 0.15) is 23.6 Å². The Kier molecular flexibility index (Phi) is 5.15. The van der Waals surface area contributed by atoms with E-state index in [2.05, 4.69) is 6.07 Å². The van der Waals surface area contributed by atoms with Crippen LogP contribution in [0.15, 0.2) is 12.1 Å². The summed E-state index contributed by atoms with van der Waals surface area (Å²) in [5, 5.41) is 8.97. The highest BCUT2D eigenvalue weighted by Crippen LogP contribution is 2.27. The van der Waals surface area contributed by atoms with Gasteiger partial charge in [0, 0.05) is 17.7 Å². The maximum Gasteiger partial charge on any atom is 0.310 e. The number of carbonyl (C=O) groups excluding carboxylic acids is 1. The number of nitriles is 1. The van der Waals surface area contributed by atoms with Crippen molar-refractivity contribution in [1.82, 2.24) is 0 Å². The second kappa shape index (κ2) is 6.62. The number of hydrogen-bond donors (Lipinski definition) is 1. The molecule has 1 rings (SSSR count). The van der Waals surface area contributed by atoms with Crippen molar-refractivity contribution in [2.24, 2.45) is 5.73 Å². The van der Waals surface area contributed by atoms with Crippen LogP contribution in [0.2, 0.25) is 0 Å². The van der Waals surface area contributed by atoms with Crippen LogP contribution in [-0.2, 0) is 22.5 Å². The summed E-state index contributed by atoms with van der Waals surface area (Å²) < 4.78 is 10.1. The highest BCUT2D eigenvalue weighted by atomic mass is 16.5. The molecular formula is C13H16N2O3. The van der Waals surface area contributed by atoms with E-state index in [1.165, 1.54) is 7.11 Å². The summed E-state index contributed by atoms with van der Waals surface area (Å²) in [4.78, 5) is 11.5. The second-order valence-electron chi connectivity index (χ2n) is 3.58. The van der Waals surface area contributed by atoms with E-state index in [0.717, 1.165) is 0 Å². The standard InChI is InChI=1S/C13H16N2O3/c1-3-18-12(16)6-9-4-5-10(7-14)11(8-15)13(9)17-2/h4-5H,3,6,8,15H2,1-2H3. The SMILES string of the molecule is CCOC(=O)Cc1ccc(C#N)c(CN)c1OC. The smallest absolute Gasteiger partial charge is 0.310 e. The summed E-state index contributed by atoms with van der Waals surface area (Å²) >= 11 is 0. The van der Waals surface area contributed by atoms with Gasteiger partial charge in [-0.05, 0) is 13.0 Å². The van der Waals surface area contributed by atoms with Crippen LogP contribution in [0.5, 0.6) is 5.75 Å². The zero-order valence-corrected chi connectivity index (χ0v) is 10.5. The van der Waals surface area contributed by atoms with Gasteiger partial charge < -0.3 is 15.2 Å². The first-order valence-electron chi connectivity index (χ1n) is 5.62. The number of rotatable bonds is 5. The van der Waals surface area contributed by atoms with Gasteiger partial charge in [-0.3, -0.25) is 4.79 Å². The van der Waals surface area contributed by atoms with Crippen molar-refractivity contribution >= 4 is 5.97 Å². The monoisotopic (exact) mass is 248 g/mol. The van der Waals surface area contributed by atoms with Gasteiger partial charge in [0.1, 0.15) is 5.75 Å². The zero-order valence-electron chi connectivity index (χ0n) is 10.5. The van der Waals surface area contributed by atoms with E-state index < -0.39 is 0 Å². The number of ether oxygens (including phenoxy) is 2. The van der Waals surface area contributed by atoms with Gasteiger partial charge in [0.05, 0.1) is 31.8 Å². The summed E-state index contributed by atoms with van der Waals surface area (Å²) in [5.41, 5.74) is 7.36. The van der Waals surface area contributed by atoms with Gasteiger partial charge >= 0.3 is 5.97 Å². The molecule has 0 fully saturated rings. The van der Waals surface area contributed by atoms with Gasteiger partial charge in [-0.2, -0.15) is 5.26 Å². The van der Waals surface area contributed by atoms with Crippen molar-refractivity contribution in [3.8, 4) is 11.8 Å². The molecule has 1 aromatic carbocycles. The molecule has 2 N–H and O–H groups in total. The Morgan fingerprint density at radius 3 is 2.72 bits per heavy atom. The number of methoxy groups -OCH3 is 1. The molecule has 0 radical (unpaired) electrons. The van der Waals surface area contributed by atoms with E-state index in [0.29, 0.717) is 29.0 Å². The van der Waals surface area contributed by atoms with Crippen LogP contribution < -0.4 is 10.5 Å². The van der Waals surface area contributed by atoms with E-state index in [1.807, 2.05) is 0 Å². The summed E-state index contributed by atoms with van der Waals surface area (Å²) in [6.45, 7) is 2.27. The molecule has 0 unspecified atom stereocenters. The molecule has 0 saturated carbocycles. The Hall–Kier alpha value is -2.06. The number of hydrogen-bond acceptors (Lipinski definition) is 5. The molecule has 1 aromatic rings. The number of nitrogens with zero attached hydrogens (tertiary/aromatic N) is 1. The van der Waals surface area contributed by atoms with Gasteiger partial charge in [-0.25, -0.2) is 0 Å². The molecule has 0 atom stereocenters. The molecule has 0 aliphatic carbocycles. The molecule has 5 nitrogen and oxygen atoms in total. The molecule has 0 saturated heterocycles. The molecule has 0 aromatic heterocycles. The van der Waals surface area contributed by atoms with Gasteiger partial charge in [0.15, 0.2) is 0 Å². The summed E-state index contributed by atoms with van der Waals surface area (Å²) in [6, 6.07) is 5.38. The van der Waals surface area contributed by atoms with E-state index in [4.69, 9.17) is 20.5 Å². The number of esters is 1. The Morgan fingerprint density at radius 1 is 1.50 bits per heavy atom. The first-order valence-corrected chi connectivity index (χ1v) is 5.62. The second-order valence-corrected chi connectivity index (χ2v) is 3.58. The third-order valence-electron chi connectivity index (χ3n) is 2.51. The molecule has 0 aliphatic rings. The zero-order chi connectivity index (χ0) is 13.5. The predicted octanol–water partition coefficient (Wildman–Crippen LogP) is 1.13. The Morgan fingerprint density at radius 2 is 2.22 bits per heavy atom. The minimum Gasteiger partial charge on any atom is -0.496 e. The van der Waals surface area contributed by atoms with E-state index in [1.54, 1.807) is 19.1 Å². The minimum atomic E-state index is -0.330. The quantitative estimate of drug-likeness (QED) is 0.789. The maximum absolute atomic E-state index is 11.5. The van der Waals surface area contributed by atoms with Gasteiger partial charge in [-0.1, -0.05) is 6.07 Å². The summed E-state index contributed by atoms with van der Waals surface area (Å²) in [7, 11) is 1.49. The van der Waals surface area contributed by atoms with Crippen LogP contribution in [-0.4, -0.2) is 19.7 Å². The lowest BCUT2D eigenvalue weighted by molar-refractivity contribution is -0.142. The number of nitrogens with two attached hydrogens (primary N) is 1. The lowest BCUT2D eigenvalue weighted by Gasteiger charge is -2.13. The highest BCUT2D eigenvalue weighted by Gasteiger charge is 2.15. The van der Waals surface area contributed by atoms with Crippen molar-refractivity contribution in [1.29, 1.82) is 5.26 Å². The fourth-order valence-corrected chi connectivity index (χ4v) is 1.74. The largest absolute Gasteiger partial charge is 0.496 e. The van der Waals surface area contributed by atoms with E-state index >= 15 is 0 Å². The van der Waals surface area contributed by atoms with Crippen LogP contribution in [0.25, 0.3) is 0 Å². The molecular weight excluding hydrogens is 232 g/mol. The number of carbonyl (C=O) groups is 1. The third kappa shape index (κ3) is 2.99. The average molecular weight is 248 g/mol. The highest BCUT2D eigenvalue weighted by molar-refractivity contribution is 5.74. The molecule has 0 aliphatic heterocycles. The molecule has 0 amide bonds. The van der Waals surface area contributed by atoms with Gasteiger partial charge in [-0.15, -0.1) is 0 Å². The fraction of sp³-hybridized carbons (Fsp3) is 0.385. The van der Waals surface area contributed by atoms with Crippen molar-refractivity contribution in [3.63, 3.8) is 0 Å². The van der Waals surface area contributed by atoms with E-state index in [-0.39, 0.29) is 18.9 Å². The van der Waals surface area contributed by atoms with Crippen LogP contribution in [0, 0.1) is 11.3 Å². The Balaban J connectivity index is 3.13. The van der Waals surface area contributed by atoms with Crippen molar-refractivity contribution in [2.75, 3.05) is 13.7 Å². The molecule has 0 spiro atoms. The lowest BCUT2D eigenvalue weighted by Crippen LogP contribution is -2.11. The Bertz CT molecular complexity index is 478. The normalized spacial score (nSPS) is 9.67. The molecule has 0 bridgehead atoms. The van der Waals surface area contributed by atoms with Crippen molar-refractivity contribution < 1.29 is 14.3 Å². The molecule has 0 heterocycles. The maximum atomic E-state index is 11.5. The summed E-state index contributed by atoms with van der Waals surface area (Å²) in [5.74, 6) is 0.160. The van der Waals surface area contributed by atoms with Crippen molar-refractivity contribution in [2.45, 2.75) is 19.9 Å². The van der Waals surface area contributed by atoms with Gasteiger partial charge in [0.2, 0.25) is 0 Å². The molecule has 5 heteroatoms. The predicted molar refractivity (Wildman–Crippen MR) is 65.9 cm³/mol. The average Bonchev–Trinajstić information content (AvgIpc) is 2.38.